The second-order valence-electron chi connectivity index (χ2n) is 12.4. The summed E-state index contributed by atoms with van der Waals surface area (Å²) >= 11 is 0. The number of rotatable bonds is 4. The zero-order valence-corrected chi connectivity index (χ0v) is 22.1. The summed E-state index contributed by atoms with van der Waals surface area (Å²) in [5.41, 5.74) is 0. The van der Waals surface area contributed by atoms with Gasteiger partial charge in [0, 0.05) is 0 Å². The molecule has 0 heteroatoms. The van der Waals surface area contributed by atoms with Gasteiger partial charge in [-0.25, -0.2) is 0 Å². The minimum atomic E-state index is 1.06. The van der Waals surface area contributed by atoms with Crippen LogP contribution in [0.1, 0.15) is 180 Å². The van der Waals surface area contributed by atoms with Crippen molar-refractivity contribution in [2.24, 2.45) is 23.7 Å². The molecule has 3 aliphatic carbocycles. The maximum atomic E-state index is 1.62. The molecule has 0 saturated heterocycles. The van der Waals surface area contributed by atoms with Crippen LogP contribution in [0, 0.1) is 23.7 Å². The van der Waals surface area contributed by atoms with Crippen LogP contribution >= 0.6 is 0 Å². The Hall–Kier alpha value is 0. The van der Waals surface area contributed by atoms with Crippen LogP contribution in [0.4, 0.5) is 0 Å². The predicted molar refractivity (Wildman–Crippen MR) is 143 cm³/mol. The Morgan fingerprint density at radius 2 is 0.562 bits per heavy atom. The Balaban J connectivity index is 1.69. The van der Waals surface area contributed by atoms with Crippen LogP contribution in [0.15, 0.2) is 0 Å². The summed E-state index contributed by atoms with van der Waals surface area (Å²) in [6, 6.07) is 0. The van der Waals surface area contributed by atoms with Crippen LogP contribution in [0.2, 0.25) is 0 Å². The zero-order chi connectivity index (χ0) is 22.1. The summed E-state index contributed by atoms with van der Waals surface area (Å²) in [6.45, 7) is 0. The fourth-order valence-electron chi connectivity index (χ4n) is 7.82. The van der Waals surface area contributed by atoms with Crippen molar-refractivity contribution in [1.82, 2.24) is 0 Å². The molecule has 0 unspecified atom stereocenters. The van der Waals surface area contributed by atoms with E-state index in [1.54, 1.807) is 70.6 Å². The van der Waals surface area contributed by atoms with Crippen molar-refractivity contribution in [3.05, 3.63) is 0 Å². The fourth-order valence-corrected chi connectivity index (χ4v) is 7.82. The van der Waals surface area contributed by atoms with Crippen LogP contribution in [-0.4, -0.2) is 0 Å². The van der Waals surface area contributed by atoms with Crippen LogP contribution in [0.5, 0.6) is 0 Å². The van der Waals surface area contributed by atoms with Crippen molar-refractivity contribution in [2.75, 3.05) is 0 Å². The van der Waals surface area contributed by atoms with Gasteiger partial charge in [-0.15, -0.1) is 0 Å². The molecule has 3 aliphatic rings. The Morgan fingerprint density at radius 1 is 0.312 bits per heavy atom. The van der Waals surface area contributed by atoms with E-state index >= 15 is 0 Å². The summed E-state index contributed by atoms with van der Waals surface area (Å²) < 4.78 is 0. The molecular formula is C32H60. The lowest BCUT2D eigenvalue weighted by Crippen LogP contribution is -2.27. The molecule has 188 valence electrons. The van der Waals surface area contributed by atoms with E-state index in [0.717, 1.165) is 23.7 Å². The van der Waals surface area contributed by atoms with Gasteiger partial charge in [0.05, 0.1) is 0 Å². The molecule has 0 N–H and O–H groups in total. The smallest absolute Gasteiger partial charge is 0.0355 e. The Kier molecular flexibility index (Phi) is 14.5. The first kappa shape index (κ1) is 26.6. The molecule has 0 amide bonds. The second kappa shape index (κ2) is 17.4. The third kappa shape index (κ3) is 11.0. The van der Waals surface area contributed by atoms with Crippen molar-refractivity contribution in [2.45, 2.75) is 180 Å². The van der Waals surface area contributed by atoms with E-state index in [1.165, 1.54) is 109 Å². The average molecular weight is 445 g/mol. The normalized spacial score (nSPS) is 26.5. The Labute approximate surface area is 203 Å². The van der Waals surface area contributed by atoms with E-state index in [2.05, 4.69) is 0 Å². The lowest BCUT2D eigenvalue weighted by Gasteiger charge is -2.38. The molecule has 3 fully saturated rings. The molecule has 0 radical (unpaired) electrons. The molecule has 32 heavy (non-hydrogen) atoms. The highest BCUT2D eigenvalue weighted by Gasteiger charge is 2.31. The van der Waals surface area contributed by atoms with Gasteiger partial charge in [0.1, 0.15) is 0 Å². The van der Waals surface area contributed by atoms with Crippen LogP contribution in [0.3, 0.4) is 0 Å². The molecule has 3 saturated carbocycles. The molecule has 3 rings (SSSR count). The van der Waals surface area contributed by atoms with Crippen molar-refractivity contribution in [1.29, 1.82) is 0 Å². The topological polar surface area (TPSA) is 0 Å². The standard InChI is InChI=1S/C32H60/c1-4-10-16-22-29(23-17-11-5-1)28-32(30-24-18-12-6-2-7-13-19-25-30)31-26-20-14-8-3-9-15-21-27-31/h29-32H,1-28H2. The molecule has 0 aromatic heterocycles. The highest BCUT2D eigenvalue weighted by Crippen LogP contribution is 2.42. The molecular weight excluding hydrogens is 384 g/mol. The highest BCUT2D eigenvalue weighted by atomic mass is 14.4. The van der Waals surface area contributed by atoms with Crippen LogP contribution in [0.25, 0.3) is 0 Å². The zero-order valence-electron chi connectivity index (χ0n) is 22.1. The Morgan fingerprint density at radius 3 is 0.875 bits per heavy atom. The summed E-state index contributed by atoms with van der Waals surface area (Å²) in [6.07, 6.45) is 43.1. The van der Waals surface area contributed by atoms with Gasteiger partial charge >= 0.3 is 0 Å². The van der Waals surface area contributed by atoms with Gasteiger partial charge in [0.25, 0.3) is 0 Å². The van der Waals surface area contributed by atoms with Crippen LogP contribution in [-0.2, 0) is 0 Å². The SMILES string of the molecule is C1CCCCC(CC(C2CCCCCCCCC2)C2CCCCCCCCC2)CCCC1. The van der Waals surface area contributed by atoms with Gasteiger partial charge in [0.15, 0.2) is 0 Å². The predicted octanol–water partition coefficient (Wildman–Crippen LogP) is 11.4. The largest absolute Gasteiger partial charge is 0.0533 e. The van der Waals surface area contributed by atoms with Gasteiger partial charge in [-0.1, -0.05) is 173 Å². The molecule has 0 aromatic rings. The summed E-state index contributed by atoms with van der Waals surface area (Å²) in [5, 5.41) is 0. The van der Waals surface area contributed by atoms with Gasteiger partial charge < -0.3 is 0 Å². The van der Waals surface area contributed by atoms with Crippen LogP contribution < -0.4 is 0 Å². The third-order valence-corrected chi connectivity index (χ3v) is 9.84. The average Bonchev–Trinajstić information content (AvgIpc) is 2.83. The molecule has 0 bridgehead atoms. The number of hydrogen-bond donors (Lipinski definition) is 0. The first-order valence-corrected chi connectivity index (χ1v) is 15.9. The van der Waals surface area contributed by atoms with E-state index < -0.39 is 0 Å². The minimum Gasteiger partial charge on any atom is -0.0533 e. The van der Waals surface area contributed by atoms with Crippen molar-refractivity contribution in [3.8, 4) is 0 Å². The summed E-state index contributed by atoms with van der Waals surface area (Å²) in [5.74, 6) is 4.26. The van der Waals surface area contributed by atoms with Gasteiger partial charge in [-0.2, -0.15) is 0 Å². The van der Waals surface area contributed by atoms with Crippen molar-refractivity contribution < 1.29 is 0 Å². The van der Waals surface area contributed by atoms with Gasteiger partial charge in [0.2, 0.25) is 0 Å². The first-order valence-electron chi connectivity index (χ1n) is 15.9. The minimum absolute atomic E-state index is 1.06. The molecule has 0 atom stereocenters. The van der Waals surface area contributed by atoms with Crippen molar-refractivity contribution in [3.63, 3.8) is 0 Å². The maximum Gasteiger partial charge on any atom is -0.0355 e. The maximum absolute atomic E-state index is 1.62. The van der Waals surface area contributed by atoms with Crippen molar-refractivity contribution >= 4 is 0 Å². The third-order valence-electron chi connectivity index (χ3n) is 9.84. The van der Waals surface area contributed by atoms with E-state index in [0.29, 0.717) is 0 Å². The Bertz CT molecular complexity index is 370. The lowest BCUT2D eigenvalue weighted by atomic mass is 9.68. The summed E-state index contributed by atoms with van der Waals surface area (Å²) in [7, 11) is 0. The summed E-state index contributed by atoms with van der Waals surface area (Å²) in [4.78, 5) is 0. The molecule has 0 aliphatic heterocycles. The second-order valence-corrected chi connectivity index (χ2v) is 12.4. The number of hydrogen-bond acceptors (Lipinski definition) is 0. The van der Waals surface area contributed by atoms with E-state index in [9.17, 15) is 0 Å². The van der Waals surface area contributed by atoms with E-state index in [-0.39, 0.29) is 0 Å². The van der Waals surface area contributed by atoms with Gasteiger partial charge in [-0.3, -0.25) is 0 Å². The van der Waals surface area contributed by atoms with Gasteiger partial charge in [-0.05, 0) is 30.1 Å². The lowest BCUT2D eigenvalue weighted by molar-refractivity contribution is 0.129. The van der Waals surface area contributed by atoms with E-state index in [4.69, 9.17) is 0 Å². The van der Waals surface area contributed by atoms with E-state index in [1.807, 2.05) is 0 Å². The molecule has 0 nitrogen and oxygen atoms in total. The highest BCUT2D eigenvalue weighted by molar-refractivity contribution is 4.82. The first-order chi connectivity index (χ1) is 15.9. The molecule has 0 spiro atoms. The molecule has 0 aromatic carbocycles. The molecule has 0 heterocycles. The fraction of sp³-hybridized carbons (Fsp3) is 1.00. The monoisotopic (exact) mass is 444 g/mol. The quantitative estimate of drug-likeness (QED) is 0.404.